The van der Waals surface area contributed by atoms with E-state index in [-0.39, 0.29) is 0 Å². The number of ether oxygens (including phenoxy) is 1. The van der Waals surface area contributed by atoms with E-state index >= 15 is 0 Å². The summed E-state index contributed by atoms with van der Waals surface area (Å²) in [4.78, 5) is 3.26. The Hall–Kier alpha value is -1.59. The molecule has 0 atom stereocenters. The van der Waals surface area contributed by atoms with Crippen molar-refractivity contribution in [2.24, 2.45) is 0 Å². The molecule has 5 heteroatoms. The highest BCUT2D eigenvalue weighted by Crippen LogP contribution is 2.29. The zero-order valence-electron chi connectivity index (χ0n) is 12.0. The number of nitrogens with one attached hydrogen (secondary N) is 1. The number of hydrogen-bond acceptors (Lipinski definition) is 2. The van der Waals surface area contributed by atoms with E-state index in [1.165, 1.54) is 11.1 Å². The lowest BCUT2D eigenvalue weighted by atomic mass is 10.1. The first-order chi connectivity index (χ1) is 10.0. The van der Waals surface area contributed by atoms with E-state index in [1.807, 2.05) is 18.2 Å². The molecule has 108 valence electrons. The standard InChI is InChI=1S/C16H15BrN2OS/c1-9-6-11(17)7-10(2)15(9)19-14-8-12(20-3)4-5-13(14)18-16(19)21/h4-8H,1-3H3,(H,18,21). The van der Waals surface area contributed by atoms with E-state index in [9.17, 15) is 0 Å². The Morgan fingerprint density at radius 3 is 2.43 bits per heavy atom. The van der Waals surface area contributed by atoms with Crippen LogP contribution in [0.1, 0.15) is 11.1 Å². The van der Waals surface area contributed by atoms with Gasteiger partial charge in [0.15, 0.2) is 4.77 Å². The summed E-state index contributed by atoms with van der Waals surface area (Å²) in [5.41, 5.74) is 5.47. The second-order valence-electron chi connectivity index (χ2n) is 5.04. The molecule has 0 aliphatic carbocycles. The van der Waals surface area contributed by atoms with E-state index in [1.54, 1.807) is 7.11 Å². The van der Waals surface area contributed by atoms with Crippen LogP contribution in [0.4, 0.5) is 0 Å². The normalized spacial score (nSPS) is 11.0. The first-order valence-electron chi connectivity index (χ1n) is 6.57. The van der Waals surface area contributed by atoms with Gasteiger partial charge in [-0.2, -0.15) is 0 Å². The number of aromatic amines is 1. The van der Waals surface area contributed by atoms with Gasteiger partial charge < -0.3 is 9.72 Å². The van der Waals surface area contributed by atoms with Gasteiger partial charge in [-0.1, -0.05) is 15.9 Å². The van der Waals surface area contributed by atoms with Gasteiger partial charge in [0.05, 0.1) is 23.8 Å². The van der Waals surface area contributed by atoms with Gasteiger partial charge in [0, 0.05) is 10.5 Å². The van der Waals surface area contributed by atoms with Gasteiger partial charge in [-0.15, -0.1) is 0 Å². The topological polar surface area (TPSA) is 29.9 Å². The van der Waals surface area contributed by atoms with Crippen molar-refractivity contribution in [1.82, 2.24) is 9.55 Å². The van der Waals surface area contributed by atoms with Crippen molar-refractivity contribution in [3.05, 3.63) is 50.7 Å². The molecule has 3 rings (SSSR count). The van der Waals surface area contributed by atoms with Crippen molar-refractivity contribution in [2.75, 3.05) is 7.11 Å². The van der Waals surface area contributed by atoms with Crippen LogP contribution in [-0.4, -0.2) is 16.7 Å². The number of rotatable bonds is 2. The van der Waals surface area contributed by atoms with E-state index in [0.29, 0.717) is 4.77 Å². The highest BCUT2D eigenvalue weighted by Gasteiger charge is 2.12. The van der Waals surface area contributed by atoms with E-state index in [0.717, 1.165) is 26.9 Å². The summed E-state index contributed by atoms with van der Waals surface area (Å²) in [6.07, 6.45) is 0. The molecule has 1 aromatic heterocycles. The molecule has 3 aromatic rings. The Morgan fingerprint density at radius 1 is 1.14 bits per heavy atom. The number of halogens is 1. The molecule has 0 aliphatic rings. The summed E-state index contributed by atoms with van der Waals surface area (Å²) in [5.74, 6) is 0.817. The van der Waals surface area contributed by atoms with Crippen molar-refractivity contribution in [3.63, 3.8) is 0 Å². The van der Waals surface area contributed by atoms with Crippen molar-refractivity contribution >= 4 is 39.2 Å². The zero-order valence-corrected chi connectivity index (χ0v) is 14.4. The molecular formula is C16H15BrN2OS. The van der Waals surface area contributed by atoms with Crippen LogP contribution in [0.5, 0.6) is 5.75 Å². The first-order valence-corrected chi connectivity index (χ1v) is 7.77. The fraction of sp³-hybridized carbons (Fsp3) is 0.188. The minimum atomic E-state index is 0.687. The summed E-state index contributed by atoms with van der Waals surface area (Å²) in [7, 11) is 1.67. The molecule has 0 radical (unpaired) electrons. The number of methoxy groups -OCH3 is 1. The number of aromatic nitrogens is 2. The smallest absolute Gasteiger partial charge is 0.182 e. The maximum atomic E-state index is 5.52. The molecule has 1 heterocycles. The summed E-state index contributed by atoms with van der Waals surface area (Å²) in [5, 5.41) is 0. The molecule has 0 unspecified atom stereocenters. The van der Waals surface area contributed by atoms with Crippen LogP contribution in [0.3, 0.4) is 0 Å². The predicted molar refractivity (Wildman–Crippen MR) is 92.2 cm³/mol. The summed E-state index contributed by atoms with van der Waals surface area (Å²) >= 11 is 9.06. The average molecular weight is 363 g/mol. The second kappa shape index (κ2) is 5.31. The largest absolute Gasteiger partial charge is 0.497 e. The van der Waals surface area contributed by atoms with Crippen LogP contribution in [0.2, 0.25) is 0 Å². The Balaban J connectivity index is 2.40. The number of H-pyrrole nitrogens is 1. The third kappa shape index (κ3) is 2.40. The maximum Gasteiger partial charge on any atom is 0.182 e. The Bertz CT molecular complexity index is 872. The van der Waals surface area contributed by atoms with E-state index < -0.39 is 0 Å². The van der Waals surface area contributed by atoms with E-state index in [2.05, 4.69) is 51.5 Å². The number of hydrogen-bond donors (Lipinski definition) is 1. The SMILES string of the molecule is COc1ccc2[nH]c(=S)n(-c3c(C)cc(Br)cc3C)c2c1. The molecule has 21 heavy (non-hydrogen) atoms. The number of aryl methyl sites for hydroxylation is 2. The third-order valence-electron chi connectivity index (χ3n) is 3.57. The number of nitrogens with zero attached hydrogens (tertiary/aromatic N) is 1. The average Bonchev–Trinajstić information content (AvgIpc) is 2.73. The maximum absolute atomic E-state index is 5.52. The molecule has 0 spiro atoms. The van der Waals surface area contributed by atoms with Crippen molar-refractivity contribution < 1.29 is 4.74 Å². The van der Waals surface area contributed by atoms with Gasteiger partial charge in [-0.05, 0) is 61.5 Å². The minimum Gasteiger partial charge on any atom is -0.497 e. The van der Waals surface area contributed by atoms with E-state index in [4.69, 9.17) is 17.0 Å². The Labute approximate surface area is 136 Å². The highest BCUT2D eigenvalue weighted by atomic mass is 79.9. The van der Waals surface area contributed by atoms with Gasteiger partial charge >= 0.3 is 0 Å². The van der Waals surface area contributed by atoms with Crippen LogP contribution < -0.4 is 4.74 Å². The quantitative estimate of drug-likeness (QED) is 0.644. The molecule has 0 bridgehead atoms. The lowest BCUT2D eigenvalue weighted by molar-refractivity contribution is 0.415. The molecule has 3 nitrogen and oxygen atoms in total. The predicted octanol–water partition coefficient (Wildman–Crippen LogP) is 5.08. The highest BCUT2D eigenvalue weighted by molar-refractivity contribution is 9.10. The minimum absolute atomic E-state index is 0.687. The fourth-order valence-corrected chi connectivity index (χ4v) is 3.67. The van der Waals surface area contributed by atoms with Crippen molar-refractivity contribution in [1.29, 1.82) is 0 Å². The summed E-state index contributed by atoms with van der Waals surface area (Å²) < 4.78 is 9.17. The van der Waals surface area contributed by atoms with Gasteiger partial charge in [-0.3, -0.25) is 4.57 Å². The molecule has 1 N–H and O–H groups in total. The second-order valence-corrected chi connectivity index (χ2v) is 6.34. The van der Waals surface area contributed by atoms with Crippen LogP contribution in [0, 0.1) is 18.6 Å². The molecule has 2 aromatic carbocycles. The van der Waals surface area contributed by atoms with Gasteiger partial charge in [0.25, 0.3) is 0 Å². The van der Waals surface area contributed by atoms with Crippen LogP contribution >= 0.6 is 28.1 Å². The van der Waals surface area contributed by atoms with Gasteiger partial charge in [-0.25, -0.2) is 0 Å². The molecule has 0 aliphatic heterocycles. The van der Waals surface area contributed by atoms with Gasteiger partial charge in [0.1, 0.15) is 5.75 Å². The van der Waals surface area contributed by atoms with Crippen LogP contribution in [0.25, 0.3) is 16.7 Å². The fourth-order valence-electron chi connectivity index (χ4n) is 2.69. The Kier molecular flexibility index (Phi) is 3.63. The van der Waals surface area contributed by atoms with Crippen LogP contribution in [-0.2, 0) is 0 Å². The molecular weight excluding hydrogens is 348 g/mol. The monoisotopic (exact) mass is 362 g/mol. The lowest BCUT2D eigenvalue weighted by Crippen LogP contribution is -2.00. The molecule has 0 fully saturated rings. The number of fused-ring (bicyclic) bond motifs is 1. The molecule has 0 amide bonds. The van der Waals surface area contributed by atoms with Crippen molar-refractivity contribution in [2.45, 2.75) is 13.8 Å². The zero-order chi connectivity index (χ0) is 15.1. The van der Waals surface area contributed by atoms with Gasteiger partial charge in [0.2, 0.25) is 0 Å². The number of imidazole rings is 1. The lowest BCUT2D eigenvalue weighted by Gasteiger charge is -2.13. The Morgan fingerprint density at radius 2 is 1.81 bits per heavy atom. The van der Waals surface area contributed by atoms with Crippen LogP contribution in [0.15, 0.2) is 34.8 Å². The third-order valence-corrected chi connectivity index (χ3v) is 4.31. The van der Waals surface area contributed by atoms with Crippen molar-refractivity contribution in [3.8, 4) is 11.4 Å². The first kappa shape index (κ1) is 14.4. The summed E-state index contributed by atoms with van der Waals surface area (Å²) in [6.45, 7) is 4.18. The molecule has 0 saturated carbocycles. The number of benzene rings is 2. The summed E-state index contributed by atoms with van der Waals surface area (Å²) in [6, 6.07) is 10.1. The molecule has 0 saturated heterocycles.